The van der Waals surface area contributed by atoms with Crippen molar-refractivity contribution in [2.45, 2.75) is 32.5 Å². The standard InChI is InChI=1S/C14H21NO2/c1-11(14-5-6-17-10-14)15-8-12-3-2-4-13(7-12)9-16/h2-4,7,11,14-16H,5-6,8-10H2,1H3. The molecule has 17 heavy (non-hydrogen) atoms. The van der Waals surface area contributed by atoms with Crippen LogP contribution >= 0.6 is 0 Å². The molecule has 3 nitrogen and oxygen atoms in total. The molecule has 0 radical (unpaired) electrons. The second kappa shape index (κ2) is 6.15. The van der Waals surface area contributed by atoms with Crippen LogP contribution in [0.5, 0.6) is 0 Å². The molecule has 1 aromatic carbocycles. The Morgan fingerprint density at radius 1 is 1.47 bits per heavy atom. The topological polar surface area (TPSA) is 41.5 Å². The van der Waals surface area contributed by atoms with E-state index in [2.05, 4.69) is 18.3 Å². The molecule has 0 amide bonds. The van der Waals surface area contributed by atoms with E-state index < -0.39 is 0 Å². The minimum Gasteiger partial charge on any atom is -0.392 e. The van der Waals surface area contributed by atoms with Crippen LogP contribution in [0, 0.1) is 5.92 Å². The number of aliphatic hydroxyl groups is 1. The molecule has 1 heterocycles. The summed E-state index contributed by atoms with van der Waals surface area (Å²) in [7, 11) is 0. The van der Waals surface area contributed by atoms with Crippen molar-refractivity contribution in [1.82, 2.24) is 5.32 Å². The molecular formula is C14H21NO2. The van der Waals surface area contributed by atoms with Crippen molar-refractivity contribution in [3.8, 4) is 0 Å². The molecule has 94 valence electrons. The summed E-state index contributed by atoms with van der Waals surface area (Å²) in [5.74, 6) is 0.635. The van der Waals surface area contributed by atoms with Crippen molar-refractivity contribution in [2.75, 3.05) is 13.2 Å². The van der Waals surface area contributed by atoms with Crippen LogP contribution in [0.3, 0.4) is 0 Å². The van der Waals surface area contributed by atoms with Crippen LogP contribution in [0.4, 0.5) is 0 Å². The first kappa shape index (κ1) is 12.6. The first-order valence-electron chi connectivity index (χ1n) is 6.29. The minimum atomic E-state index is 0.111. The van der Waals surface area contributed by atoms with Gasteiger partial charge in [-0.25, -0.2) is 0 Å². The van der Waals surface area contributed by atoms with Crippen LogP contribution in [0.25, 0.3) is 0 Å². The van der Waals surface area contributed by atoms with Gasteiger partial charge in [-0.1, -0.05) is 24.3 Å². The number of aliphatic hydroxyl groups excluding tert-OH is 1. The summed E-state index contributed by atoms with van der Waals surface area (Å²) in [6, 6.07) is 8.55. The molecule has 0 spiro atoms. The number of rotatable bonds is 5. The maximum atomic E-state index is 9.08. The first-order valence-corrected chi connectivity index (χ1v) is 6.29. The molecule has 2 atom stereocenters. The Morgan fingerprint density at radius 3 is 3.00 bits per heavy atom. The Morgan fingerprint density at radius 2 is 2.29 bits per heavy atom. The number of ether oxygens (including phenoxy) is 1. The third kappa shape index (κ3) is 3.53. The highest BCUT2D eigenvalue weighted by Crippen LogP contribution is 2.16. The maximum absolute atomic E-state index is 9.08. The Hall–Kier alpha value is -0.900. The van der Waals surface area contributed by atoms with Gasteiger partial charge in [0.1, 0.15) is 0 Å². The van der Waals surface area contributed by atoms with E-state index in [-0.39, 0.29) is 6.61 Å². The maximum Gasteiger partial charge on any atom is 0.0681 e. The normalized spacial score (nSPS) is 21.6. The zero-order valence-electron chi connectivity index (χ0n) is 10.4. The molecular weight excluding hydrogens is 214 g/mol. The molecule has 1 aromatic rings. The lowest BCUT2D eigenvalue weighted by Crippen LogP contribution is -2.33. The highest BCUT2D eigenvalue weighted by molar-refractivity contribution is 5.22. The van der Waals surface area contributed by atoms with E-state index in [1.54, 1.807) is 0 Å². The molecule has 0 aromatic heterocycles. The zero-order chi connectivity index (χ0) is 12.1. The van der Waals surface area contributed by atoms with Gasteiger partial charge in [-0.15, -0.1) is 0 Å². The predicted molar refractivity (Wildman–Crippen MR) is 67.6 cm³/mol. The zero-order valence-corrected chi connectivity index (χ0v) is 10.4. The molecule has 1 saturated heterocycles. The predicted octanol–water partition coefficient (Wildman–Crippen LogP) is 1.69. The van der Waals surface area contributed by atoms with Crippen molar-refractivity contribution in [3.63, 3.8) is 0 Å². The van der Waals surface area contributed by atoms with Crippen LogP contribution in [-0.4, -0.2) is 24.4 Å². The lowest BCUT2D eigenvalue weighted by molar-refractivity contribution is 0.178. The van der Waals surface area contributed by atoms with Gasteiger partial charge >= 0.3 is 0 Å². The van der Waals surface area contributed by atoms with Crippen LogP contribution in [-0.2, 0) is 17.9 Å². The third-order valence-electron chi connectivity index (χ3n) is 3.47. The van der Waals surface area contributed by atoms with E-state index in [4.69, 9.17) is 9.84 Å². The van der Waals surface area contributed by atoms with Crippen LogP contribution in [0.2, 0.25) is 0 Å². The molecule has 2 N–H and O–H groups in total. The second-order valence-electron chi connectivity index (χ2n) is 4.77. The van der Waals surface area contributed by atoms with Crippen LogP contribution < -0.4 is 5.32 Å². The van der Waals surface area contributed by atoms with Crippen molar-refractivity contribution in [1.29, 1.82) is 0 Å². The number of benzene rings is 1. The van der Waals surface area contributed by atoms with E-state index in [0.29, 0.717) is 12.0 Å². The van der Waals surface area contributed by atoms with Gasteiger partial charge in [-0.3, -0.25) is 0 Å². The average molecular weight is 235 g/mol. The van der Waals surface area contributed by atoms with E-state index in [1.807, 2.05) is 18.2 Å². The molecule has 0 saturated carbocycles. The molecule has 1 aliphatic heterocycles. The van der Waals surface area contributed by atoms with Crippen molar-refractivity contribution < 1.29 is 9.84 Å². The van der Waals surface area contributed by atoms with E-state index in [1.165, 1.54) is 5.56 Å². The van der Waals surface area contributed by atoms with Crippen molar-refractivity contribution in [2.24, 2.45) is 5.92 Å². The summed E-state index contributed by atoms with van der Waals surface area (Å²) in [6.45, 7) is 4.96. The smallest absolute Gasteiger partial charge is 0.0681 e. The molecule has 1 fully saturated rings. The second-order valence-corrected chi connectivity index (χ2v) is 4.77. The van der Waals surface area contributed by atoms with Crippen LogP contribution in [0.1, 0.15) is 24.5 Å². The molecule has 3 heteroatoms. The molecule has 0 bridgehead atoms. The van der Waals surface area contributed by atoms with Gasteiger partial charge in [0.25, 0.3) is 0 Å². The molecule has 1 aliphatic rings. The van der Waals surface area contributed by atoms with Gasteiger partial charge in [-0.2, -0.15) is 0 Å². The fourth-order valence-corrected chi connectivity index (χ4v) is 2.23. The molecule has 0 aliphatic carbocycles. The van der Waals surface area contributed by atoms with Gasteiger partial charge in [-0.05, 0) is 30.4 Å². The Labute approximate surface area is 103 Å². The van der Waals surface area contributed by atoms with E-state index >= 15 is 0 Å². The quantitative estimate of drug-likeness (QED) is 0.816. The van der Waals surface area contributed by atoms with Gasteiger partial charge in [0.05, 0.1) is 13.2 Å². The van der Waals surface area contributed by atoms with Gasteiger partial charge < -0.3 is 15.2 Å². The first-order chi connectivity index (χ1) is 8.29. The Bertz CT molecular complexity index is 348. The van der Waals surface area contributed by atoms with Crippen LogP contribution in [0.15, 0.2) is 24.3 Å². The fourth-order valence-electron chi connectivity index (χ4n) is 2.23. The lowest BCUT2D eigenvalue weighted by atomic mass is 10.0. The SMILES string of the molecule is CC(NCc1cccc(CO)c1)C1CCOC1. The van der Waals surface area contributed by atoms with Crippen molar-refractivity contribution in [3.05, 3.63) is 35.4 Å². The summed E-state index contributed by atoms with van der Waals surface area (Å²) >= 11 is 0. The summed E-state index contributed by atoms with van der Waals surface area (Å²) in [5, 5.41) is 12.6. The Balaban J connectivity index is 1.83. The van der Waals surface area contributed by atoms with Gasteiger partial charge in [0.15, 0.2) is 0 Å². The highest BCUT2D eigenvalue weighted by Gasteiger charge is 2.21. The summed E-state index contributed by atoms with van der Waals surface area (Å²) in [6.07, 6.45) is 1.16. The summed E-state index contributed by atoms with van der Waals surface area (Å²) in [4.78, 5) is 0. The Kier molecular flexibility index (Phi) is 4.54. The number of nitrogens with one attached hydrogen (secondary N) is 1. The lowest BCUT2D eigenvalue weighted by Gasteiger charge is -2.19. The van der Waals surface area contributed by atoms with E-state index in [9.17, 15) is 0 Å². The monoisotopic (exact) mass is 235 g/mol. The van der Waals surface area contributed by atoms with Gasteiger partial charge in [0.2, 0.25) is 0 Å². The third-order valence-corrected chi connectivity index (χ3v) is 3.47. The number of hydrogen-bond donors (Lipinski definition) is 2. The van der Waals surface area contributed by atoms with Crippen molar-refractivity contribution >= 4 is 0 Å². The summed E-state index contributed by atoms with van der Waals surface area (Å²) in [5.41, 5.74) is 2.20. The largest absolute Gasteiger partial charge is 0.392 e. The van der Waals surface area contributed by atoms with E-state index in [0.717, 1.165) is 31.7 Å². The average Bonchev–Trinajstić information content (AvgIpc) is 2.90. The summed E-state index contributed by atoms with van der Waals surface area (Å²) < 4.78 is 5.39. The fraction of sp³-hybridized carbons (Fsp3) is 0.571. The number of hydrogen-bond acceptors (Lipinski definition) is 3. The molecule has 2 unspecified atom stereocenters. The minimum absolute atomic E-state index is 0.111. The molecule has 2 rings (SSSR count). The highest BCUT2D eigenvalue weighted by atomic mass is 16.5. The van der Waals surface area contributed by atoms with Gasteiger partial charge in [0, 0.05) is 19.2 Å².